The van der Waals surface area contributed by atoms with Gasteiger partial charge in [0.1, 0.15) is 11.8 Å². The molecule has 2 atom stereocenters. The van der Waals surface area contributed by atoms with E-state index in [1.807, 2.05) is 0 Å². The average molecular weight is 258 g/mol. The monoisotopic (exact) mass is 258 g/mol. The zero-order valence-electron chi connectivity index (χ0n) is 9.37. The first-order chi connectivity index (χ1) is 7.97. The van der Waals surface area contributed by atoms with E-state index in [0.29, 0.717) is 5.75 Å². The van der Waals surface area contributed by atoms with Crippen molar-refractivity contribution in [3.05, 3.63) is 30.3 Å². The maximum absolute atomic E-state index is 12.1. The minimum atomic E-state index is -3.39. The third-order valence-electron chi connectivity index (χ3n) is 2.00. The van der Waals surface area contributed by atoms with Gasteiger partial charge >= 0.3 is 13.5 Å². The molecule has 4 N–H and O–H groups in total. The van der Waals surface area contributed by atoms with Crippen LogP contribution in [-0.2, 0) is 9.36 Å². The molecule has 2 unspecified atom stereocenters. The lowest BCUT2D eigenvalue weighted by molar-refractivity contribution is -0.138. The van der Waals surface area contributed by atoms with Gasteiger partial charge in [0.15, 0.2) is 0 Å². The Kier molecular flexibility index (Phi) is 4.69. The number of nitrogens with one attached hydrogen (secondary N) is 1. The molecule has 0 fully saturated rings. The number of carboxylic acids is 1. The second-order valence-electron chi connectivity index (χ2n) is 3.45. The molecule has 0 saturated heterocycles. The van der Waals surface area contributed by atoms with Gasteiger partial charge in [-0.25, -0.2) is 5.09 Å². The molecule has 0 aliphatic heterocycles. The van der Waals surface area contributed by atoms with E-state index in [2.05, 4.69) is 5.09 Å². The summed E-state index contributed by atoms with van der Waals surface area (Å²) in [7, 11) is -3.39. The molecule has 0 heterocycles. The Balaban J connectivity index is 2.76. The molecular weight excluding hydrogens is 243 g/mol. The highest BCUT2D eigenvalue weighted by atomic mass is 31.2. The Morgan fingerprint density at radius 3 is 2.59 bits per heavy atom. The summed E-state index contributed by atoms with van der Waals surface area (Å²) >= 11 is 0. The predicted octanol–water partition coefficient (Wildman–Crippen LogP) is 1.24. The van der Waals surface area contributed by atoms with Crippen LogP contribution in [0, 0.1) is 0 Å². The second kappa shape index (κ2) is 5.82. The number of hydrogen-bond donors (Lipinski definition) is 3. The Hall–Kier alpha value is -1.36. The molecule has 6 nitrogen and oxygen atoms in total. The molecule has 0 saturated carbocycles. The highest BCUT2D eigenvalue weighted by molar-refractivity contribution is 7.57. The van der Waals surface area contributed by atoms with E-state index in [4.69, 9.17) is 15.4 Å². The quantitative estimate of drug-likeness (QED) is 0.663. The lowest BCUT2D eigenvalue weighted by atomic mass is 10.3. The summed E-state index contributed by atoms with van der Waals surface area (Å²) in [5, 5.41) is 11.1. The molecule has 7 heteroatoms. The molecule has 1 rings (SSSR count). The number of carbonyl (C=O) groups is 1. The van der Waals surface area contributed by atoms with Gasteiger partial charge in [-0.1, -0.05) is 18.2 Å². The third-order valence-corrected chi connectivity index (χ3v) is 3.76. The summed E-state index contributed by atoms with van der Waals surface area (Å²) in [4.78, 5) is 10.7. The molecule has 0 amide bonds. The number of rotatable bonds is 6. The first kappa shape index (κ1) is 13.7. The first-order valence-corrected chi connectivity index (χ1v) is 6.82. The van der Waals surface area contributed by atoms with E-state index in [1.165, 1.54) is 6.92 Å². The van der Waals surface area contributed by atoms with Crippen LogP contribution < -0.4 is 15.3 Å². The Morgan fingerprint density at radius 2 is 2.12 bits per heavy atom. The lowest BCUT2D eigenvalue weighted by Crippen LogP contribution is -2.34. The van der Waals surface area contributed by atoms with E-state index < -0.39 is 19.5 Å². The fourth-order valence-corrected chi connectivity index (χ4v) is 2.51. The summed E-state index contributed by atoms with van der Waals surface area (Å²) in [6.45, 7) is 1.37. The van der Waals surface area contributed by atoms with Gasteiger partial charge in [-0.15, -0.1) is 0 Å². The summed E-state index contributed by atoms with van der Waals surface area (Å²) in [6, 6.07) is 7.47. The SMILES string of the molecule is CC(NP(=O)(CN)Oc1ccccc1)C(=O)O. The van der Waals surface area contributed by atoms with Gasteiger partial charge in [0.2, 0.25) is 0 Å². The molecule has 0 radical (unpaired) electrons. The van der Waals surface area contributed by atoms with Crippen LogP contribution in [-0.4, -0.2) is 23.4 Å². The van der Waals surface area contributed by atoms with Crippen LogP contribution in [0.25, 0.3) is 0 Å². The predicted molar refractivity (Wildman–Crippen MR) is 64.0 cm³/mol. The van der Waals surface area contributed by atoms with Gasteiger partial charge in [-0.3, -0.25) is 9.36 Å². The minimum absolute atomic E-state index is 0.278. The zero-order chi connectivity index (χ0) is 12.9. The number of carboxylic acid groups (broad SMARTS) is 1. The average Bonchev–Trinajstić information content (AvgIpc) is 2.30. The van der Waals surface area contributed by atoms with Crippen molar-refractivity contribution in [2.75, 3.05) is 6.29 Å². The van der Waals surface area contributed by atoms with Gasteiger partial charge in [-0.2, -0.15) is 0 Å². The molecule has 0 aliphatic rings. The van der Waals surface area contributed by atoms with Crippen LogP contribution in [0.5, 0.6) is 5.75 Å². The summed E-state index contributed by atoms with van der Waals surface area (Å²) in [6.07, 6.45) is -0.278. The molecule has 1 aromatic carbocycles. The first-order valence-electron chi connectivity index (χ1n) is 5.01. The normalized spacial score (nSPS) is 15.9. The highest BCUT2D eigenvalue weighted by Gasteiger charge is 2.27. The van der Waals surface area contributed by atoms with Crippen molar-refractivity contribution >= 4 is 13.5 Å². The Morgan fingerprint density at radius 1 is 1.53 bits per heavy atom. The standard InChI is InChI=1S/C10H15N2O4P/c1-8(10(13)14)12-17(15,7-11)16-9-5-3-2-4-6-9/h2-6,8H,7,11H2,1H3,(H,12,15)(H,13,14). The summed E-state index contributed by atoms with van der Waals surface area (Å²) in [5.74, 6) is -0.735. The van der Waals surface area contributed by atoms with Crippen molar-refractivity contribution in [1.82, 2.24) is 5.09 Å². The van der Waals surface area contributed by atoms with Crippen molar-refractivity contribution in [1.29, 1.82) is 0 Å². The van der Waals surface area contributed by atoms with Crippen LogP contribution in [0.4, 0.5) is 0 Å². The van der Waals surface area contributed by atoms with Crippen LogP contribution in [0.1, 0.15) is 6.92 Å². The molecule has 0 spiro atoms. The van der Waals surface area contributed by atoms with Crippen molar-refractivity contribution in [2.24, 2.45) is 5.73 Å². The van der Waals surface area contributed by atoms with Crippen molar-refractivity contribution < 1.29 is 19.0 Å². The number of benzene rings is 1. The van der Waals surface area contributed by atoms with E-state index >= 15 is 0 Å². The zero-order valence-corrected chi connectivity index (χ0v) is 10.3. The number of hydrogen-bond acceptors (Lipinski definition) is 4. The Labute approximate surface area is 99.3 Å². The fourth-order valence-electron chi connectivity index (χ4n) is 1.12. The maximum atomic E-state index is 12.1. The molecule has 0 aromatic heterocycles. The van der Waals surface area contributed by atoms with Gasteiger partial charge < -0.3 is 15.4 Å². The number of nitrogens with two attached hydrogens (primary N) is 1. The van der Waals surface area contributed by atoms with Crippen molar-refractivity contribution in [3.63, 3.8) is 0 Å². The van der Waals surface area contributed by atoms with Crippen LogP contribution in [0.2, 0.25) is 0 Å². The molecule has 0 aliphatic carbocycles. The van der Waals surface area contributed by atoms with Gasteiger partial charge in [0, 0.05) is 0 Å². The molecule has 0 bridgehead atoms. The third kappa shape index (κ3) is 4.19. The van der Waals surface area contributed by atoms with Crippen LogP contribution >= 0.6 is 7.52 Å². The summed E-state index contributed by atoms with van der Waals surface area (Å²) in [5.41, 5.74) is 5.36. The van der Waals surface area contributed by atoms with E-state index in [0.717, 1.165) is 0 Å². The molecular formula is C10H15N2O4P. The molecule has 94 valence electrons. The van der Waals surface area contributed by atoms with E-state index in [1.54, 1.807) is 30.3 Å². The second-order valence-corrected chi connectivity index (χ2v) is 5.60. The minimum Gasteiger partial charge on any atom is -0.480 e. The highest BCUT2D eigenvalue weighted by Crippen LogP contribution is 2.41. The number of para-hydroxylation sites is 1. The van der Waals surface area contributed by atoms with E-state index in [9.17, 15) is 9.36 Å². The van der Waals surface area contributed by atoms with Crippen molar-refractivity contribution in [2.45, 2.75) is 13.0 Å². The fraction of sp³-hybridized carbons (Fsp3) is 0.300. The largest absolute Gasteiger partial charge is 0.480 e. The smallest absolute Gasteiger partial charge is 0.330 e. The Bertz CT molecular complexity index is 424. The molecule has 17 heavy (non-hydrogen) atoms. The number of aliphatic carboxylic acids is 1. The summed E-state index contributed by atoms with van der Waals surface area (Å²) < 4.78 is 17.4. The lowest BCUT2D eigenvalue weighted by Gasteiger charge is -2.20. The topological polar surface area (TPSA) is 102 Å². The van der Waals surface area contributed by atoms with Crippen LogP contribution in [0.15, 0.2) is 30.3 Å². The van der Waals surface area contributed by atoms with Gasteiger partial charge in [0.05, 0.1) is 6.29 Å². The van der Waals surface area contributed by atoms with Crippen molar-refractivity contribution in [3.8, 4) is 5.75 Å². The van der Waals surface area contributed by atoms with E-state index in [-0.39, 0.29) is 6.29 Å². The van der Waals surface area contributed by atoms with Gasteiger partial charge in [-0.05, 0) is 19.1 Å². The molecule has 1 aromatic rings. The van der Waals surface area contributed by atoms with Crippen LogP contribution in [0.3, 0.4) is 0 Å². The maximum Gasteiger partial charge on any atom is 0.330 e. The van der Waals surface area contributed by atoms with Gasteiger partial charge in [0.25, 0.3) is 0 Å².